The quantitative estimate of drug-likeness (QED) is 0.118. The topological polar surface area (TPSA) is 69.6 Å². The number of para-hydroxylation sites is 2. The first-order valence-electron chi connectivity index (χ1n) is 15.6. The van der Waals surface area contributed by atoms with Crippen LogP contribution in [0.15, 0.2) is 54.6 Å². The fraction of sp³-hybridized carbons (Fsp3) is 0.636. The molecular weight excluding hydrogens is 504 g/mol. The lowest BCUT2D eigenvalue weighted by Gasteiger charge is -2.37. The van der Waals surface area contributed by atoms with Gasteiger partial charge in [0.05, 0.1) is 11.4 Å². The summed E-state index contributed by atoms with van der Waals surface area (Å²) in [6, 6.07) is 17.5. The molecule has 0 radical (unpaired) electrons. The molecule has 1 atom stereocenters. The summed E-state index contributed by atoms with van der Waals surface area (Å²) < 4.78 is 36.2. The summed E-state index contributed by atoms with van der Waals surface area (Å²) in [7, 11) is -4.41. The second-order valence-corrected chi connectivity index (χ2v) is 13.0. The highest BCUT2D eigenvalue weighted by molar-refractivity contribution is 7.87. The van der Waals surface area contributed by atoms with Gasteiger partial charge in [-0.1, -0.05) is 152 Å². The third-order valence-corrected chi connectivity index (χ3v) is 9.57. The predicted octanol–water partition coefficient (Wildman–Crippen LogP) is 9.70. The van der Waals surface area contributed by atoms with Crippen LogP contribution in [0.4, 0.5) is 11.4 Å². The first-order valence-corrected chi connectivity index (χ1v) is 17.1. The van der Waals surface area contributed by atoms with Gasteiger partial charge in [-0.05, 0) is 24.1 Å². The fourth-order valence-corrected chi connectivity index (χ4v) is 6.97. The number of rotatable bonds is 21. The van der Waals surface area contributed by atoms with E-state index in [1.54, 1.807) is 0 Å². The van der Waals surface area contributed by atoms with Crippen LogP contribution >= 0.6 is 0 Å². The van der Waals surface area contributed by atoms with Gasteiger partial charge in [0.25, 0.3) is 0 Å². The zero-order valence-electron chi connectivity index (χ0n) is 24.3. The van der Waals surface area contributed by atoms with Gasteiger partial charge in [-0.15, -0.1) is 0 Å². The van der Waals surface area contributed by atoms with E-state index in [9.17, 15) is 13.0 Å². The van der Waals surface area contributed by atoms with Gasteiger partial charge < -0.3 is 10.2 Å². The molecule has 1 aliphatic rings. The van der Waals surface area contributed by atoms with E-state index in [1.807, 2.05) is 59.5 Å². The lowest BCUT2D eigenvalue weighted by Crippen LogP contribution is -2.56. The van der Waals surface area contributed by atoms with E-state index in [0.29, 0.717) is 13.0 Å². The summed E-state index contributed by atoms with van der Waals surface area (Å²) in [5, 5.41) is 3.20. The van der Waals surface area contributed by atoms with Crippen molar-refractivity contribution >= 4 is 21.5 Å². The summed E-state index contributed by atoms with van der Waals surface area (Å²) in [6.45, 7) is 2.68. The van der Waals surface area contributed by atoms with E-state index >= 15 is 0 Å². The maximum atomic E-state index is 12.9. The van der Waals surface area contributed by atoms with Gasteiger partial charge >= 0.3 is 10.1 Å². The largest absolute Gasteiger partial charge is 0.346 e. The van der Waals surface area contributed by atoms with Gasteiger partial charge in [-0.2, -0.15) is 8.42 Å². The first kappa shape index (κ1) is 31.5. The number of fused-ring (bicyclic) bond motifs is 1. The molecule has 218 valence electrons. The van der Waals surface area contributed by atoms with Gasteiger partial charge in [0, 0.05) is 13.0 Å². The van der Waals surface area contributed by atoms with Gasteiger partial charge in [-0.3, -0.25) is 4.55 Å². The Morgan fingerprint density at radius 2 is 1.13 bits per heavy atom. The van der Waals surface area contributed by atoms with Crippen LogP contribution in [0.2, 0.25) is 0 Å². The van der Waals surface area contributed by atoms with Crippen LogP contribution in [0.3, 0.4) is 0 Å². The SMILES string of the molecule is CCCCCCCCCCCCCCCCCCCC1(S(=O)(=O)O)Nc2ccccc2N1Cc1ccccc1. The number of benzene rings is 2. The van der Waals surface area contributed by atoms with Crippen molar-refractivity contribution in [2.75, 3.05) is 10.2 Å². The van der Waals surface area contributed by atoms with Gasteiger partial charge in [0.15, 0.2) is 0 Å². The van der Waals surface area contributed by atoms with Crippen molar-refractivity contribution < 1.29 is 13.0 Å². The molecule has 0 saturated carbocycles. The number of nitrogens with zero attached hydrogens (tertiary/aromatic N) is 1. The van der Waals surface area contributed by atoms with Crippen LogP contribution in [0.5, 0.6) is 0 Å². The second kappa shape index (κ2) is 16.9. The highest BCUT2D eigenvalue weighted by atomic mass is 32.2. The number of nitrogens with one attached hydrogen (secondary N) is 1. The molecule has 0 amide bonds. The van der Waals surface area contributed by atoms with Crippen molar-refractivity contribution in [3.63, 3.8) is 0 Å². The van der Waals surface area contributed by atoms with Crippen LogP contribution in [-0.4, -0.2) is 18.0 Å². The second-order valence-electron chi connectivity index (χ2n) is 11.4. The molecule has 0 bridgehead atoms. The van der Waals surface area contributed by atoms with Crippen LogP contribution in [0.1, 0.15) is 128 Å². The van der Waals surface area contributed by atoms with E-state index in [4.69, 9.17) is 0 Å². The van der Waals surface area contributed by atoms with Crippen LogP contribution in [0, 0.1) is 0 Å². The van der Waals surface area contributed by atoms with Crippen LogP contribution in [0.25, 0.3) is 0 Å². The van der Waals surface area contributed by atoms with Gasteiger partial charge in [-0.25, -0.2) is 0 Å². The zero-order valence-corrected chi connectivity index (χ0v) is 25.1. The molecule has 0 spiro atoms. The average molecular weight is 557 g/mol. The number of hydrogen-bond donors (Lipinski definition) is 2. The highest BCUT2D eigenvalue weighted by Gasteiger charge is 2.52. The lowest BCUT2D eigenvalue weighted by molar-refractivity contribution is 0.408. The van der Waals surface area contributed by atoms with Crippen molar-refractivity contribution in [2.45, 2.75) is 134 Å². The first-order chi connectivity index (χ1) is 19.0. The molecule has 5 nitrogen and oxygen atoms in total. The van der Waals surface area contributed by atoms with E-state index in [0.717, 1.165) is 36.2 Å². The summed E-state index contributed by atoms with van der Waals surface area (Å²) in [5.41, 5.74) is 2.57. The molecule has 6 heteroatoms. The molecule has 2 aromatic carbocycles. The minimum Gasteiger partial charge on any atom is -0.346 e. The molecule has 0 saturated heterocycles. The summed E-state index contributed by atoms with van der Waals surface area (Å²) in [4.78, 5) is 0.293. The van der Waals surface area contributed by atoms with E-state index < -0.39 is 15.1 Å². The Labute approximate surface area is 238 Å². The van der Waals surface area contributed by atoms with E-state index in [1.165, 1.54) is 89.9 Å². The predicted molar refractivity (Wildman–Crippen MR) is 166 cm³/mol. The smallest absolute Gasteiger partial charge is 0.308 e. The molecule has 0 fully saturated rings. The summed E-state index contributed by atoms with van der Waals surface area (Å²) in [6.07, 6.45) is 22.1. The van der Waals surface area contributed by atoms with Crippen molar-refractivity contribution in [1.82, 2.24) is 0 Å². The van der Waals surface area contributed by atoms with Crippen LogP contribution in [-0.2, 0) is 16.7 Å². The molecule has 2 N–H and O–H groups in total. The minimum atomic E-state index is -4.41. The fourth-order valence-electron chi connectivity index (χ4n) is 5.89. The van der Waals surface area contributed by atoms with Crippen molar-refractivity contribution in [2.24, 2.45) is 0 Å². The Hall–Kier alpha value is -2.05. The Morgan fingerprint density at radius 1 is 0.667 bits per heavy atom. The molecule has 39 heavy (non-hydrogen) atoms. The number of unbranched alkanes of at least 4 members (excludes halogenated alkanes) is 16. The number of hydrogen-bond acceptors (Lipinski definition) is 4. The third-order valence-electron chi connectivity index (χ3n) is 8.19. The third kappa shape index (κ3) is 9.82. The Bertz CT molecular complexity index is 1040. The van der Waals surface area contributed by atoms with Crippen LogP contribution < -0.4 is 10.2 Å². The Morgan fingerprint density at radius 3 is 1.64 bits per heavy atom. The van der Waals surface area contributed by atoms with Gasteiger partial charge in [0.1, 0.15) is 0 Å². The zero-order chi connectivity index (χ0) is 27.8. The van der Waals surface area contributed by atoms with E-state index in [-0.39, 0.29) is 0 Å². The minimum absolute atomic E-state index is 0.339. The normalized spacial score (nSPS) is 16.8. The number of anilines is 2. The Balaban J connectivity index is 1.35. The van der Waals surface area contributed by atoms with Gasteiger partial charge in [0.2, 0.25) is 4.99 Å². The molecule has 0 aliphatic carbocycles. The molecule has 1 aliphatic heterocycles. The van der Waals surface area contributed by atoms with Crippen molar-refractivity contribution in [1.29, 1.82) is 0 Å². The van der Waals surface area contributed by atoms with Crippen molar-refractivity contribution in [3.8, 4) is 0 Å². The van der Waals surface area contributed by atoms with Crippen molar-refractivity contribution in [3.05, 3.63) is 60.2 Å². The molecule has 0 aromatic heterocycles. The maximum Gasteiger partial charge on any atom is 0.308 e. The maximum absolute atomic E-state index is 12.9. The lowest BCUT2D eigenvalue weighted by atomic mass is 10.0. The highest BCUT2D eigenvalue weighted by Crippen LogP contribution is 2.45. The molecule has 2 aromatic rings. The summed E-state index contributed by atoms with van der Waals surface area (Å²) >= 11 is 0. The van der Waals surface area contributed by atoms with E-state index in [2.05, 4.69) is 12.2 Å². The Kier molecular flexibility index (Phi) is 13.7. The molecule has 3 rings (SSSR count). The molecular formula is C33H52N2O3S. The average Bonchev–Trinajstić information content (AvgIpc) is 3.25. The monoisotopic (exact) mass is 556 g/mol. The summed E-state index contributed by atoms with van der Waals surface area (Å²) in [5.74, 6) is 0. The molecule has 1 unspecified atom stereocenters. The molecule has 1 heterocycles. The standard InChI is InChI=1S/C33H52N2O3S/c1-2-3-4-5-6-7-8-9-10-11-12-13-14-15-16-17-23-28-33(39(36,37)38)34-31-26-21-22-27-32(31)35(33)29-30-24-19-18-20-25-30/h18-22,24-27,34H,2-17,23,28-29H2,1H3,(H,36,37,38).